The molecule has 0 bridgehead atoms. The van der Waals surface area contributed by atoms with Crippen molar-refractivity contribution >= 4 is 32.7 Å². The Morgan fingerprint density at radius 1 is 1.17 bits per heavy atom. The van der Waals surface area contributed by atoms with Gasteiger partial charge in [-0.05, 0) is 60.9 Å². The molecule has 2 aromatic carbocycles. The van der Waals surface area contributed by atoms with Gasteiger partial charge in [-0.25, -0.2) is 8.42 Å². The van der Waals surface area contributed by atoms with Crippen LogP contribution < -0.4 is 10.6 Å². The van der Waals surface area contributed by atoms with Crippen LogP contribution in [0.2, 0.25) is 0 Å². The van der Waals surface area contributed by atoms with E-state index in [2.05, 4.69) is 22.2 Å². The molecule has 10 heteroatoms. The standard InChI is InChI=1S/C26H28N4O5S/c1-2-25(32)29-21-15-22(17-31)30(16-21)36(34,35)23-9-7-20(8-10-23)26(33)28-13-11-18-5-6-19-4-3-12-27-24(19)14-18/h2-10,12,14,21-22,31H,1,11,13,15-17H2,(H,28,33)(H,29,32). The normalized spacial score (nSPS) is 18.1. The van der Waals surface area contributed by atoms with Crippen LogP contribution in [0.4, 0.5) is 0 Å². The predicted molar refractivity (Wildman–Crippen MR) is 136 cm³/mol. The van der Waals surface area contributed by atoms with Crippen molar-refractivity contribution in [1.29, 1.82) is 0 Å². The van der Waals surface area contributed by atoms with Gasteiger partial charge in [0, 0.05) is 36.3 Å². The van der Waals surface area contributed by atoms with Crippen molar-refractivity contribution in [3.8, 4) is 0 Å². The van der Waals surface area contributed by atoms with E-state index in [1.165, 1.54) is 28.6 Å². The molecule has 3 N–H and O–H groups in total. The highest BCUT2D eigenvalue weighted by molar-refractivity contribution is 7.89. The third-order valence-electron chi connectivity index (χ3n) is 6.20. The van der Waals surface area contributed by atoms with E-state index < -0.39 is 28.0 Å². The van der Waals surface area contributed by atoms with E-state index in [4.69, 9.17) is 0 Å². The van der Waals surface area contributed by atoms with Crippen LogP contribution in [0.25, 0.3) is 10.9 Å². The Labute approximate surface area is 209 Å². The number of fused-ring (bicyclic) bond motifs is 1. The lowest BCUT2D eigenvalue weighted by molar-refractivity contribution is -0.117. The number of carbonyl (C=O) groups is 2. The third kappa shape index (κ3) is 5.62. The quantitative estimate of drug-likeness (QED) is 0.377. The number of amides is 2. The number of hydrogen-bond donors (Lipinski definition) is 3. The molecule has 36 heavy (non-hydrogen) atoms. The molecule has 2 amide bonds. The zero-order chi connectivity index (χ0) is 25.7. The summed E-state index contributed by atoms with van der Waals surface area (Å²) in [6.45, 7) is 3.49. The molecule has 4 rings (SSSR count). The van der Waals surface area contributed by atoms with Gasteiger partial charge in [0.25, 0.3) is 5.91 Å². The first-order valence-electron chi connectivity index (χ1n) is 11.6. The maximum atomic E-state index is 13.2. The summed E-state index contributed by atoms with van der Waals surface area (Å²) in [6, 6.07) is 14.5. The topological polar surface area (TPSA) is 129 Å². The summed E-state index contributed by atoms with van der Waals surface area (Å²) in [7, 11) is -3.93. The molecule has 9 nitrogen and oxygen atoms in total. The van der Waals surface area contributed by atoms with Crippen LogP contribution in [-0.4, -0.2) is 66.4 Å². The molecule has 0 spiro atoms. The van der Waals surface area contributed by atoms with Gasteiger partial charge in [-0.15, -0.1) is 0 Å². The van der Waals surface area contributed by atoms with Gasteiger partial charge in [-0.1, -0.05) is 24.8 Å². The van der Waals surface area contributed by atoms with Crippen molar-refractivity contribution in [2.24, 2.45) is 0 Å². The summed E-state index contributed by atoms with van der Waals surface area (Å²) in [5, 5.41) is 16.3. The monoisotopic (exact) mass is 508 g/mol. The lowest BCUT2D eigenvalue weighted by Gasteiger charge is -2.22. The number of pyridine rings is 1. The minimum Gasteiger partial charge on any atom is -0.395 e. The SMILES string of the molecule is C=CC(=O)NC1CC(CO)N(S(=O)(=O)c2ccc(C(=O)NCCc3ccc4cccnc4c3)cc2)C1. The summed E-state index contributed by atoms with van der Waals surface area (Å²) >= 11 is 0. The van der Waals surface area contributed by atoms with Gasteiger partial charge in [-0.2, -0.15) is 4.31 Å². The second-order valence-corrected chi connectivity index (χ2v) is 10.5. The molecule has 0 radical (unpaired) electrons. The average molecular weight is 509 g/mol. The fourth-order valence-electron chi connectivity index (χ4n) is 4.32. The Kier molecular flexibility index (Phi) is 7.78. The number of aliphatic hydroxyl groups excluding tert-OH is 1. The summed E-state index contributed by atoms with van der Waals surface area (Å²) in [5.74, 6) is -0.706. The Bertz CT molecular complexity index is 1370. The van der Waals surface area contributed by atoms with Crippen molar-refractivity contribution in [2.75, 3.05) is 19.7 Å². The fraction of sp³-hybridized carbons (Fsp3) is 0.269. The average Bonchev–Trinajstić information content (AvgIpc) is 3.32. The molecule has 2 unspecified atom stereocenters. The summed E-state index contributed by atoms with van der Waals surface area (Å²) in [6.07, 6.45) is 3.78. The molecule has 1 fully saturated rings. The summed E-state index contributed by atoms with van der Waals surface area (Å²) < 4.78 is 27.6. The van der Waals surface area contributed by atoms with Crippen molar-refractivity contribution < 1.29 is 23.1 Å². The Balaban J connectivity index is 1.37. The minimum atomic E-state index is -3.93. The summed E-state index contributed by atoms with van der Waals surface area (Å²) in [4.78, 5) is 28.5. The molecule has 2 heterocycles. The van der Waals surface area contributed by atoms with Crippen LogP contribution in [0.3, 0.4) is 0 Å². The van der Waals surface area contributed by atoms with Crippen molar-refractivity contribution in [3.63, 3.8) is 0 Å². The van der Waals surface area contributed by atoms with Crippen LogP contribution in [0.1, 0.15) is 22.3 Å². The van der Waals surface area contributed by atoms with Crippen molar-refractivity contribution in [1.82, 2.24) is 19.9 Å². The number of nitrogens with zero attached hydrogens (tertiary/aromatic N) is 2. The van der Waals surface area contributed by atoms with E-state index in [9.17, 15) is 23.1 Å². The Morgan fingerprint density at radius 3 is 2.67 bits per heavy atom. The van der Waals surface area contributed by atoms with Gasteiger partial charge in [0.2, 0.25) is 15.9 Å². The number of nitrogens with one attached hydrogen (secondary N) is 2. The molecular weight excluding hydrogens is 480 g/mol. The third-order valence-corrected chi connectivity index (χ3v) is 8.13. The van der Waals surface area contributed by atoms with Gasteiger partial charge in [0.1, 0.15) is 0 Å². The molecular formula is C26H28N4O5S. The van der Waals surface area contributed by atoms with E-state index in [1.54, 1.807) is 6.20 Å². The van der Waals surface area contributed by atoms with E-state index in [1.807, 2.05) is 30.3 Å². The number of benzene rings is 2. The zero-order valence-electron chi connectivity index (χ0n) is 19.6. The maximum Gasteiger partial charge on any atom is 0.251 e. The highest BCUT2D eigenvalue weighted by Gasteiger charge is 2.40. The van der Waals surface area contributed by atoms with Crippen LogP contribution in [0.15, 0.2) is 78.3 Å². The molecule has 1 aliphatic rings. The minimum absolute atomic E-state index is 0.0110. The van der Waals surface area contributed by atoms with E-state index in [-0.39, 0.29) is 24.0 Å². The molecule has 0 aliphatic carbocycles. The van der Waals surface area contributed by atoms with Crippen LogP contribution >= 0.6 is 0 Å². The van der Waals surface area contributed by atoms with Crippen LogP contribution in [-0.2, 0) is 21.2 Å². The first kappa shape index (κ1) is 25.5. The molecule has 1 aliphatic heterocycles. The van der Waals surface area contributed by atoms with E-state index >= 15 is 0 Å². The fourth-order valence-corrected chi connectivity index (χ4v) is 5.99. The van der Waals surface area contributed by atoms with Gasteiger partial charge in [0.15, 0.2) is 0 Å². The van der Waals surface area contributed by atoms with Gasteiger partial charge in [0.05, 0.1) is 23.1 Å². The highest BCUT2D eigenvalue weighted by Crippen LogP contribution is 2.26. The number of hydrogen-bond acceptors (Lipinski definition) is 6. The van der Waals surface area contributed by atoms with Gasteiger partial charge < -0.3 is 15.7 Å². The molecule has 188 valence electrons. The number of sulfonamides is 1. The lowest BCUT2D eigenvalue weighted by Crippen LogP contribution is -2.39. The Hall–Kier alpha value is -3.60. The maximum absolute atomic E-state index is 13.2. The molecule has 0 saturated carbocycles. The van der Waals surface area contributed by atoms with E-state index in [0.717, 1.165) is 22.5 Å². The first-order valence-corrected chi connectivity index (χ1v) is 13.0. The molecule has 2 atom stereocenters. The van der Waals surface area contributed by atoms with Gasteiger partial charge >= 0.3 is 0 Å². The lowest BCUT2D eigenvalue weighted by atomic mass is 10.1. The second-order valence-electron chi connectivity index (χ2n) is 8.62. The number of aliphatic hydroxyl groups is 1. The predicted octanol–water partition coefficient (Wildman–Crippen LogP) is 1.63. The van der Waals surface area contributed by atoms with Crippen molar-refractivity contribution in [3.05, 3.63) is 84.6 Å². The van der Waals surface area contributed by atoms with Crippen LogP contribution in [0, 0.1) is 0 Å². The zero-order valence-corrected chi connectivity index (χ0v) is 20.4. The number of carbonyl (C=O) groups excluding carboxylic acids is 2. The second kappa shape index (κ2) is 11.0. The molecule has 1 saturated heterocycles. The molecule has 1 aromatic heterocycles. The van der Waals surface area contributed by atoms with Gasteiger partial charge in [-0.3, -0.25) is 14.6 Å². The number of aromatic nitrogens is 1. The number of rotatable bonds is 9. The first-order chi connectivity index (χ1) is 17.3. The summed E-state index contributed by atoms with van der Waals surface area (Å²) in [5.41, 5.74) is 2.29. The van der Waals surface area contributed by atoms with Crippen LogP contribution in [0.5, 0.6) is 0 Å². The Morgan fingerprint density at radius 2 is 1.94 bits per heavy atom. The smallest absolute Gasteiger partial charge is 0.251 e. The van der Waals surface area contributed by atoms with Crippen molar-refractivity contribution in [2.45, 2.75) is 29.8 Å². The van der Waals surface area contributed by atoms with E-state index in [0.29, 0.717) is 24.9 Å². The largest absolute Gasteiger partial charge is 0.395 e. The molecule has 3 aromatic rings. The highest BCUT2D eigenvalue weighted by atomic mass is 32.2.